The van der Waals surface area contributed by atoms with Gasteiger partial charge in [0, 0.05) is 48.3 Å². The number of rotatable bonds is 2. The second-order valence-electron chi connectivity index (χ2n) is 7.04. The van der Waals surface area contributed by atoms with E-state index in [9.17, 15) is 4.79 Å². The van der Waals surface area contributed by atoms with Crippen LogP contribution in [0.5, 0.6) is 0 Å². The molecule has 0 radical (unpaired) electrons. The van der Waals surface area contributed by atoms with E-state index in [1.54, 1.807) is 16.6 Å². The normalized spacial score (nSPS) is 16.6. The molecular formula is C19H19BrN6O2. The van der Waals surface area contributed by atoms with Crippen LogP contribution in [0.1, 0.15) is 21.7 Å². The maximum atomic E-state index is 13.3. The fourth-order valence-corrected chi connectivity index (χ4v) is 4.13. The highest BCUT2D eigenvalue weighted by molar-refractivity contribution is 9.10. The average molecular weight is 443 g/mol. The first-order valence-electron chi connectivity index (χ1n) is 9.19. The smallest absolute Gasteiger partial charge is 0.273 e. The number of ether oxygens (including phenoxy) is 1. The van der Waals surface area contributed by atoms with Crippen LogP contribution >= 0.6 is 15.9 Å². The zero-order chi connectivity index (χ0) is 19.3. The van der Waals surface area contributed by atoms with E-state index in [0.717, 1.165) is 39.7 Å². The number of carbonyl (C=O) groups is 1. The van der Waals surface area contributed by atoms with E-state index >= 15 is 0 Å². The lowest BCUT2D eigenvalue weighted by molar-refractivity contribution is 0.0741. The van der Waals surface area contributed by atoms with Gasteiger partial charge in [0.1, 0.15) is 5.69 Å². The molecule has 0 saturated carbocycles. The summed E-state index contributed by atoms with van der Waals surface area (Å²) in [7, 11) is 1.81. The number of benzene rings is 1. The lowest BCUT2D eigenvalue weighted by Gasteiger charge is -2.26. The van der Waals surface area contributed by atoms with E-state index in [1.165, 1.54) is 0 Å². The number of morpholine rings is 1. The predicted octanol–water partition coefficient (Wildman–Crippen LogP) is 2.12. The van der Waals surface area contributed by atoms with Crippen LogP contribution in [0.15, 0.2) is 28.9 Å². The topological polar surface area (TPSA) is 76.4 Å². The van der Waals surface area contributed by atoms with Gasteiger partial charge in [0.05, 0.1) is 31.0 Å². The number of nitrogens with zero attached hydrogens (tertiary/aromatic N) is 6. The van der Waals surface area contributed by atoms with Gasteiger partial charge in [0.2, 0.25) is 5.95 Å². The van der Waals surface area contributed by atoms with Gasteiger partial charge in [0.25, 0.3) is 5.91 Å². The van der Waals surface area contributed by atoms with Gasteiger partial charge in [-0.05, 0) is 18.2 Å². The largest absolute Gasteiger partial charge is 0.378 e. The number of amides is 1. The van der Waals surface area contributed by atoms with Crippen molar-refractivity contribution in [2.24, 2.45) is 7.05 Å². The summed E-state index contributed by atoms with van der Waals surface area (Å²) in [5.41, 5.74) is 3.31. The van der Waals surface area contributed by atoms with Crippen LogP contribution in [0.4, 0.5) is 5.95 Å². The van der Waals surface area contributed by atoms with Crippen molar-refractivity contribution in [1.82, 2.24) is 24.6 Å². The lowest BCUT2D eigenvalue weighted by atomic mass is 10.2. The van der Waals surface area contributed by atoms with E-state index in [4.69, 9.17) is 9.72 Å². The fourth-order valence-electron chi connectivity index (χ4n) is 3.78. The average Bonchev–Trinajstić information content (AvgIpc) is 3.27. The first-order valence-corrected chi connectivity index (χ1v) is 9.98. The van der Waals surface area contributed by atoms with Crippen molar-refractivity contribution in [3.63, 3.8) is 0 Å². The molecule has 0 unspecified atom stereocenters. The minimum absolute atomic E-state index is 0.0433. The second-order valence-corrected chi connectivity index (χ2v) is 7.95. The third kappa shape index (κ3) is 2.94. The lowest BCUT2D eigenvalue weighted by Crippen LogP contribution is -2.37. The van der Waals surface area contributed by atoms with Crippen LogP contribution in [-0.2, 0) is 24.9 Å². The first-order chi connectivity index (χ1) is 13.6. The number of halogens is 1. The molecule has 28 heavy (non-hydrogen) atoms. The van der Waals surface area contributed by atoms with E-state index in [-0.39, 0.29) is 5.91 Å². The van der Waals surface area contributed by atoms with Crippen molar-refractivity contribution in [2.75, 3.05) is 31.2 Å². The number of carbonyl (C=O) groups excluding carboxylic acids is 1. The second kappa shape index (κ2) is 6.82. The standard InChI is InChI=1S/C19H19BrN6O2/c1-24-17(14-3-2-13(20)8-15(14)23-24)18(27)26-10-12-9-21-19(22-16(12)11-26)25-4-6-28-7-5-25/h2-3,8-9H,4-7,10-11H2,1H3. The quantitative estimate of drug-likeness (QED) is 0.604. The molecule has 0 spiro atoms. The highest BCUT2D eigenvalue weighted by atomic mass is 79.9. The van der Waals surface area contributed by atoms with Crippen molar-refractivity contribution in [3.05, 3.63) is 45.8 Å². The van der Waals surface area contributed by atoms with E-state index in [2.05, 4.69) is 30.9 Å². The Morgan fingerprint density at radius 3 is 2.86 bits per heavy atom. The Morgan fingerprint density at radius 2 is 2.04 bits per heavy atom. The summed E-state index contributed by atoms with van der Waals surface area (Å²) in [5.74, 6) is 0.672. The maximum absolute atomic E-state index is 13.3. The van der Waals surface area contributed by atoms with Gasteiger partial charge < -0.3 is 14.5 Å². The van der Waals surface area contributed by atoms with Crippen molar-refractivity contribution in [3.8, 4) is 0 Å². The Balaban J connectivity index is 1.42. The van der Waals surface area contributed by atoms with E-state index < -0.39 is 0 Å². The molecule has 2 aliphatic rings. The summed E-state index contributed by atoms with van der Waals surface area (Å²) in [6.45, 7) is 3.96. The van der Waals surface area contributed by atoms with Gasteiger partial charge in [-0.25, -0.2) is 9.97 Å². The minimum atomic E-state index is -0.0433. The van der Waals surface area contributed by atoms with Crippen LogP contribution in [0.2, 0.25) is 0 Å². The van der Waals surface area contributed by atoms with Crippen LogP contribution in [0.25, 0.3) is 10.9 Å². The van der Waals surface area contributed by atoms with E-state index in [1.807, 2.05) is 24.4 Å². The zero-order valence-corrected chi connectivity index (χ0v) is 17.0. The summed E-state index contributed by atoms with van der Waals surface area (Å²) >= 11 is 3.46. The van der Waals surface area contributed by atoms with Crippen molar-refractivity contribution < 1.29 is 9.53 Å². The van der Waals surface area contributed by atoms with Crippen LogP contribution in [-0.4, -0.2) is 56.9 Å². The minimum Gasteiger partial charge on any atom is -0.378 e. The number of hydrogen-bond acceptors (Lipinski definition) is 6. The number of hydrogen-bond donors (Lipinski definition) is 0. The van der Waals surface area contributed by atoms with Crippen LogP contribution in [0, 0.1) is 0 Å². The molecule has 8 nitrogen and oxygen atoms in total. The number of aryl methyl sites for hydroxylation is 1. The molecule has 144 valence electrons. The summed E-state index contributed by atoms with van der Waals surface area (Å²) in [4.78, 5) is 26.4. The molecule has 0 bridgehead atoms. The summed E-state index contributed by atoms with van der Waals surface area (Å²) in [6.07, 6.45) is 1.85. The highest BCUT2D eigenvalue weighted by Gasteiger charge is 2.30. The molecule has 5 rings (SSSR count). The number of aromatic nitrogens is 4. The van der Waals surface area contributed by atoms with Gasteiger partial charge >= 0.3 is 0 Å². The van der Waals surface area contributed by atoms with Crippen LogP contribution in [0.3, 0.4) is 0 Å². The molecule has 0 atom stereocenters. The predicted molar refractivity (Wildman–Crippen MR) is 107 cm³/mol. The molecule has 2 aromatic heterocycles. The van der Waals surface area contributed by atoms with Crippen LogP contribution < -0.4 is 4.90 Å². The Kier molecular flexibility index (Phi) is 4.28. The van der Waals surface area contributed by atoms with Gasteiger partial charge in [-0.3, -0.25) is 9.48 Å². The molecule has 1 fully saturated rings. The van der Waals surface area contributed by atoms with Gasteiger partial charge in [-0.15, -0.1) is 0 Å². The molecule has 3 aromatic rings. The Morgan fingerprint density at radius 1 is 1.21 bits per heavy atom. The summed E-state index contributed by atoms with van der Waals surface area (Å²) < 4.78 is 8.00. The monoisotopic (exact) mass is 442 g/mol. The molecule has 4 heterocycles. The van der Waals surface area contributed by atoms with Crippen molar-refractivity contribution >= 4 is 38.7 Å². The first kappa shape index (κ1) is 17.6. The molecule has 0 N–H and O–H groups in total. The molecule has 1 amide bonds. The van der Waals surface area contributed by atoms with Gasteiger partial charge in [-0.1, -0.05) is 15.9 Å². The molecule has 0 aliphatic carbocycles. The SMILES string of the molecule is Cn1nc2cc(Br)ccc2c1C(=O)N1Cc2cnc(N3CCOCC3)nc2C1. The fraction of sp³-hybridized carbons (Fsp3) is 0.368. The maximum Gasteiger partial charge on any atom is 0.273 e. The summed E-state index contributed by atoms with van der Waals surface area (Å²) in [6, 6.07) is 5.78. The third-order valence-electron chi connectivity index (χ3n) is 5.22. The molecule has 2 aliphatic heterocycles. The number of fused-ring (bicyclic) bond motifs is 2. The number of anilines is 1. The van der Waals surface area contributed by atoms with Gasteiger partial charge in [-0.2, -0.15) is 5.10 Å². The highest BCUT2D eigenvalue weighted by Crippen LogP contribution is 2.28. The van der Waals surface area contributed by atoms with E-state index in [0.29, 0.717) is 37.9 Å². The van der Waals surface area contributed by atoms with Gasteiger partial charge in [0.15, 0.2) is 0 Å². The zero-order valence-electron chi connectivity index (χ0n) is 15.4. The van der Waals surface area contributed by atoms with Crippen molar-refractivity contribution in [1.29, 1.82) is 0 Å². The Labute approximate surface area is 170 Å². The Hall–Kier alpha value is -2.52. The molecule has 1 aromatic carbocycles. The third-order valence-corrected chi connectivity index (χ3v) is 5.72. The Bertz CT molecular complexity index is 1080. The molecular weight excluding hydrogens is 424 g/mol. The van der Waals surface area contributed by atoms with Crippen molar-refractivity contribution in [2.45, 2.75) is 13.1 Å². The molecule has 1 saturated heterocycles. The summed E-state index contributed by atoms with van der Waals surface area (Å²) in [5, 5.41) is 5.34. The molecule has 9 heteroatoms.